The molecule has 3 aromatic rings. The van der Waals surface area contributed by atoms with Gasteiger partial charge in [-0.05, 0) is 116 Å². The van der Waals surface area contributed by atoms with Gasteiger partial charge in [0.1, 0.15) is 0 Å². The summed E-state index contributed by atoms with van der Waals surface area (Å²) < 4.78 is 19.0. The normalized spacial score (nSPS) is 31.9. The maximum absolute atomic E-state index is 13.2. The zero-order valence-corrected chi connectivity index (χ0v) is 29.4. The highest BCUT2D eigenvalue weighted by Gasteiger charge is 2.51. The Bertz CT molecular complexity index is 1590. The van der Waals surface area contributed by atoms with Gasteiger partial charge in [-0.2, -0.15) is 0 Å². The molecule has 2 saturated heterocycles. The molecule has 3 N–H and O–H groups in total. The molecule has 9 rings (SSSR count). The van der Waals surface area contributed by atoms with Crippen LogP contribution in [0, 0.1) is 17.8 Å². The summed E-state index contributed by atoms with van der Waals surface area (Å²) in [6.07, 6.45) is 9.98. The van der Waals surface area contributed by atoms with Crippen LogP contribution in [-0.2, 0) is 27.4 Å². The van der Waals surface area contributed by atoms with Crippen LogP contribution in [0.3, 0.4) is 0 Å². The largest absolute Gasteiger partial charge is 0.392 e. The summed E-state index contributed by atoms with van der Waals surface area (Å²) in [5.74, 6) is 2.39. The van der Waals surface area contributed by atoms with E-state index in [1.807, 2.05) is 12.1 Å². The van der Waals surface area contributed by atoms with Gasteiger partial charge in [-0.3, -0.25) is 4.90 Å². The van der Waals surface area contributed by atoms with E-state index in [-0.39, 0.29) is 30.4 Å². The SMILES string of the molecule is COCC1CCCN1CC1CC(c2ccc(CO)cc2)OC(c2cccc(-c3cccc(CNC(=O)NC45CC6CC(CC(C6)C4)C5)c3)c2)O1. The zero-order valence-electron chi connectivity index (χ0n) is 29.4. The molecule has 6 fully saturated rings. The fourth-order valence-corrected chi connectivity index (χ4v) is 10.3. The quantitative estimate of drug-likeness (QED) is 0.198. The number of urea groups is 1. The molecular weight excluding hydrogens is 626 g/mol. The van der Waals surface area contributed by atoms with Gasteiger partial charge in [-0.25, -0.2) is 4.79 Å². The van der Waals surface area contributed by atoms with Gasteiger partial charge < -0.3 is 30.0 Å². The van der Waals surface area contributed by atoms with Gasteiger partial charge in [0.15, 0.2) is 6.29 Å². The molecule has 4 aliphatic carbocycles. The molecule has 4 atom stereocenters. The Morgan fingerprint density at radius 1 is 0.880 bits per heavy atom. The van der Waals surface area contributed by atoms with Crippen LogP contribution in [-0.4, -0.2) is 60.5 Å². The predicted molar refractivity (Wildman–Crippen MR) is 193 cm³/mol. The maximum atomic E-state index is 13.2. The zero-order chi connectivity index (χ0) is 34.1. The Balaban J connectivity index is 0.955. The van der Waals surface area contributed by atoms with E-state index in [0.717, 1.165) is 103 Å². The van der Waals surface area contributed by atoms with Crippen molar-refractivity contribution in [2.75, 3.05) is 26.8 Å². The van der Waals surface area contributed by atoms with Crippen LogP contribution in [0.5, 0.6) is 0 Å². The van der Waals surface area contributed by atoms with Gasteiger partial charge in [0.25, 0.3) is 0 Å². The molecular formula is C42H53N3O5. The van der Waals surface area contributed by atoms with Crippen molar-refractivity contribution in [1.29, 1.82) is 0 Å². The number of carbonyl (C=O) groups is 1. The van der Waals surface area contributed by atoms with Gasteiger partial charge >= 0.3 is 6.03 Å². The van der Waals surface area contributed by atoms with Crippen LogP contribution < -0.4 is 10.6 Å². The van der Waals surface area contributed by atoms with Gasteiger partial charge in [-0.15, -0.1) is 0 Å². The molecule has 8 nitrogen and oxygen atoms in total. The Hall–Kier alpha value is -3.27. The minimum atomic E-state index is -0.516. The number of methoxy groups -OCH3 is 1. The van der Waals surface area contributed by atoms with E-state index in [1.165, 1.54) is 25.7 Å². The van der Waals surface area contributed by atoms with Crippen molar-refractivity contribution in [1.82, 2.24) is 15.5 Å². The van der Waals surface area contributed by atoms with Crippen molar-refractivity contribution >= 4 is 6.03 Å². The number of benzene rings is 3. The lowest BCUT2D eigenvalue weighted by molar-refractivity contribution is -0.253. The Morgan fingerprint density at radius 2 is 1.60 bits per heavy atom. The summed E-state index contributed by atoms with van der Waals surface area (Å²) >= 11 is 0. The number of rotatable bonds is 11. The molecule has 0 aromatic heterocycles. The van der Waals surface area contributed by atoms with E-state index >= 15 is 0 Å². The van der Waals surface area contributed by atoms with E-state index in [4.69, 9.17) is 14.2 Å². The van der Waals surface area contributed by atoms with E-state index in [0.29, 0.717) is 12.6 Å². The number of hydrogen-bond donors (Lipinski definition) is 3. The fourth-order valence-electron chi connectivity index (χ4n) is 10.3. The van der Waals surface area contributed by atoms with Crippen molar-refractivity contribution < 1.29 is 24.1 Å². The number of likely N-dealkylation sites (tertiary alicyclic amines) is 1. The smallest absolute Gasteiger partial charge is 0.315 e. The molecule has 3 aromatic carbocycles. The molecule has 4 saturated carbocycles. The third kappa shape index (κ3) is 7.51. The van der Waals surface area contributed by atoms with Crippen LogP contribution >= 0.6 is 0 Å². The maximum Gasteiger partial charge on any atom is 0.315 e. The van der Waals surface area contributed by atoms with E-state index in [1.54, 1.807) is 7.11 Å². The van der Waals surface area contributed by atoms with Gasteiger partial charge in [-0.1, -0.05) is 60.7 Å². The summed E-state index contributed by atoms with van der Waals surface area (Å²) in [7, 11) is 1.78. The van der Waals surface area contributed by atoms with Gasteiger partial charge in [0.05, 0.1) is 25.4 Å². The molecule has 4 unspecified atom stereocenters. The number of ether oxygens (including phenoxy) is 3. The molecule has 4 bridgehead atoms. The van der Waals surface area contributed by atoms with E-state index in [9.17, 15) is 9.90 Å². The second-order valence-electron chi connectivity index (χ2n) is 15.9. The van der Waals surface area contributed by atoms with Crippen molar-refractivity contribution in [2.45, 2.75) is 101 Å². The van der Waals surface area contributed by atoms with Crippen LogP contribution in [0.4, 0.5) is 4.79 Å². The molecule has 0 radical (unpaired) electrons. The third-order valence-corrected chi connectivity index (χ3v) is 12.2. The Labute approximate surface area is 296 Å². The second kappa shape index (κ2) is 14.8. The molecule has 6 aliphatic rings. The van der Waals surface area contributed by atoms with E-state index in [2.05, 4.69) is 76.2 Å². The van der Waals surface area contributed by atoms with Crippen molar-refractivity contribution in [3.8, 4) is 11.1 Å². The average Bonchev–Trinajstić information content (AvgIpc) is 3.56. The van der Waals surface area contributed by atoms with Crippen LogP contribution in [0.15, 0.2) is 72.8 Å². The number of nitrogens with one attached hydrogen (secondary N) is 2. The first kappa shape index (κ1) is 33.9. The van der Waals surface area contributed by atoms with Gasteiger partial charge in [0, 0.05) is 43.8 Å². The minimum absolute atomic E-state index is 0.00337. The molecule has 0 spiro atoms. The lowest BCUT2D eigenvalue weighted by Crippen LogP contribution is -2.61. The Kier molecular flexibility index (Phi) is 9.99. The summed E-state index contributed by atoms with van der Waals surface area (Å²) in [4.78, 5) is 15.7. The van der Waals surface area contributed by atoms with Crippen molar-refractivity contribution in [3.63, 3.8) is 0 Å². The van der Waals surface area contributed by atoms with E-state index < -0.39 is 6.29 Å². The highest BCUT2D eigenvalue weighted by molar-refractivity contribution is 5.75. The second-order valence-corrected chi connectivity index (χ2v) is 15.9. The highest BCUT2D eigenvalue weighted by Crippen LogP contribution is 2.55. The minimum Gasteiger partial charge on any atom is -0.392 e. The van der Waals surface area contributed by atoms with Crippen molar-refractivity contribution in [3.05, 3.63) is 95.1 Å². The highest BCUT2D eigenvalue weighted by atomic mass is 16.7. The molecule has 2 amide bonds. The fraction of sp³-hybridized carbons (Fsp3) is 0.548. The van der Waals surface area contributed by atoms with Crippen LogP contribution in [0.2, 0.25) is 0 Å². The first-order chi connectivity index (χ1) is 24.4. The average molecular weight is 680 g/mol. The number of nitrogens with zero attached hydrogens (tertiary/aromatic N) is 1. The molecule has 50 heavy (non-hydrogen) atoms. The topological polar surface area (TPSA) is 92.3 Å². The predicted octanol–water partition coefficient (Wildman–Crippen LogP) is 7.27. The number of aliphatic hydroxyl groups is 1. The standard InChI is InChI=1S/C42H53N3O5/c1-48-27-37-9-4-14-45(37)25-38-20-39(33-12-10-28(26-46)11-13-33)50-40(49-38)36-8-3-7-35(19-36)34-6-2-5-29(18-34)24-43-41(47)44-42-21-30-15-31(22-42)17-32(16-30)23-42/h2-3,5-8,10-13,18-19,30-32,37-40,46H,4,9,14-17,20-27H2,1H3,(H2,43,44,47). The molecule has 8 heteroatoms. The monoisotopic (exact) mass is 679 g/mol. The summed E-state index contributed by atoms with van der Waals surface area (Å²) in [5.41, 5.74) is 6.22. The molecule has 2 aliphatic heterocycles. The lowest BCUT2D eigenvalue weighted by atomic mass is 9.53. The van der Waals surface area contributed by atoms with Crippen LogP contribution in [0.1, 0.15) is 92.4 Å². The first-order valence-electron chi connectivity index (χ1n) is 18.9. The van der Waals surface area contributed by atoms with Gasteiger partial charge in [0.2, 0.25) is 0 Å². The first-order valence-corrected chi connectivity index (χ1v) is 18.9. The Morgan fingerprint density at radius 3 is 2.32 bits per heavy atom. The third-order valence-electron chi connectivity index (χ3n) is 12.2. The summed E-state index contributed by atoms with van der Waals surface area (Å²) in [6.45, 7) is 3.14. The number of aliphatic hydroxyl groups excluding tert-OH is 1. The summed E-state index contributed by atoms with van der Waals surface area (Å²) in [5, 5.41) is 16.2. The number of amides is 2. The number of carbonyl (C=O) groups excluding carboxylic acids is 1. The molecule has 266 valence electrons. The lowest BCUT2D eigenvalue weighted by Gasteiger charge is -2.56. The number of hydrogen-bond acceptors (Lipinski definition) is 6. The molecule has 2 heterocycles. The summed E-state index contributed by atoms with van der Waals surface area (Å²) in [6, 6.07) is 25.4. The van der Waals surface area contributed by atoms with Crippen molar-refractivity contribution in [2.24, 2.45) is 17.8 Å². The van der Waals surface area contributed by atoms with Crippen LogP contribution in [0.25, 0.3) is 11.1 Å².